The third-order valence-electron chi connectivity index (χ3n) is 5.46. The van der Waals surface area contributed by atoms with Crippen LogP contribution < -0.4 is 9.62 Å². The van der Waals surface area contributed by atoms with Crippen LogP contribution in [-0.2, 0) is 10.0 Å². The van der Waals surface area contributed by atoms with Crippen molar-refractivity contribution in [1.29, 1.82) is 0 Å². The molecule has 4 rings (SSSR count). The van der Waals surface area contributed by atoms with Gasteiger partial charge < -0.3 is 4.90 Å². The zero-order chi connectivity index (χ0) is 22.3. The van der Waals surface area contributed by atoms with Crippen LogP contribution in [0, 0.1) is 11.6 Å². The molecule has 1 amide bonds. The summed E-state index contributed by atoms with van der Waals surface area (Å²) in [5.41, 5.74) is 1.86. The molecule has 0 bridgehead atoms. The highest BCUT2D eigenvalue weighted by Gasteiger charge is 2.28. The average molecular weight is 448 g/mol. The second kappa shape index (κ2) is 7.92. The highest BCUT2D eigenvalue weighted by molar-refractivity contribution is 7.90. The molecule has 0 unspecified atom stereocenters. The van der Waals surface area contributed by atoms with E-state index in [9.17, 15) is 22.0 Å². The maximum atomic E-state index is 13.7. The molecule has 0 aliphatic carbocycles. The number of anilines is 1. The van der Waals surface area contributed by atoms with Crippen molar-refractivity contribution in [3.05, 3.63) is 65.5 Å². The van der Waals surface area contributed by atoms with Crippen molar-refractivity contribution in [2.45, 2.75) is 38.0 Å². The van der Waals surface area contributed by atoms with Gasteiger partial charge in [0.05, 0.1) is 28.6 Å². The SMILES string of the molecule is CC(C)S(=O)(=O)NC(=O)c1cnn2ccc(N3CCC[C@@H]3c3cc(F)cc(F)c3)cc12. The number of amides is 1. The summed E-state index contributed by atoms with van der Waals surface area (Å²) >= 11 is 0. The van der Waals surface area contributed by atoms with Gasteiger partial charge in [-0.25, -0.2) is 26.4 Å². The lowest BCUT2D eigenvalue weighted by atomic mass is 10.0. The Bertz CT molecular complexity index is 1240. The molecule has 10 heteroatoms. The Kier molecular flexibility index (Phi) is 5.42. The van der Waals surface area contributed by atoms with Crippen LogP contribution in [-0.4, -0.2) is 35.7 Å². The average Bonchev–Trinajstić information content (AvgIpc) is 3.33. The number of benzene rings is 1. The van der Waals surface area contributed by atoms with Gasteiger partial charge in [-0.1, -0.05) is 0 Å². The second-order valence-corrected chi connectivity index (χ2v) is 10.1. The molecule has 1 fully saturated rings. The summed E-state index contributed by atoms with van der Waals surface area (Å²) in [5.74, 6) is -2.01. The summed E-state index contributed by atoms with van der Waals surface area (Å²) in [6.07, 6.45) is 4.55. The van der Waals surface area contributed by atoms with Crippen LogP contribution in [0.4, 0.5) is 14.5 Å². The molecular weight excluding hydrogens is 426 g/mol. The molecule has 0 radical (unpaired) electrons. The van der Waals surface area contributed by atoms with Crippen LogP contribution in [0.15, 0.2) is 42.7 Å². The van der Waals surface area contributed by atoms with Gasteiger partial charge in [0.1, 0.15) is 11.6 Å². The number of halogens is 2. The third kappa shape index (κ3) is 4.12. The number of rotatable bonds is 5. The Labute approximate surface area is 178 Å². The Balaban J connectivity index is 1.69. The van der Waals surface area contributed by atoms with Crippen LogP contribution >= 0.6 is 0 Å². The highest BCUT2D eigenvalue weighted by Crippen LogP contribution is 2.37. The van der Waals surface area contributed by atoms with E-state index in [1.54, 1.807) is 18.3 Å². The number of hydrogen-bond donors (Lipinski definition) is 1. The molecule has 31 heavy (non-hydrogen) atoms. The lowest BCUT2D eigenvalue weighted by Crippen LogP contribution is -2.35. The molecule has 7 nitrogen and oxygen atoms in total. The predicted molar refractivity (Wildman–Crippen MR) is 112 cm³/mol. The number of nitrogens with one attached hydrogen (secondary N) is 1. The van der Waals surface area contributed by atoms with Crippen molar-refractivity contribution in [3.8, 4) is 0 Å². The highest BCUT2D eigenvalue weighted by atomic mass is 32.2. The van der Waals surface area contributed by atoms with Gasteiger partial charge in [-0.2, -0.15) is 5.10 Å². The number of aromatic nitrogens is 2. The van der Waals surface area contributed by atoms with Crippen molar-refractivity contribution in [2.75, 3.05) is 11.4 Å². The summed E-state index contributed by atoms with van der Waals surface area (Å²) in [4.78, 5) is 14.6. The lowest BCUT2D eigenvalue weighted by Gasteiger charge is -2.27. The van der Waals surface area contributed by atoms with E-state index in [1.165, 1.54) is 36.7 Å². The molecule has 164 valence electrons. The molecule has 1 saturated heterocycles. The topological polar surface area (TPSA) is 83.8 Å². The molecule has 0 saturated carbocycles. The zero-order valence-corrected chi connectivity index (χ0v) is 17.9. The van der Waals surface area contributed by atoms with Gasteiger partial charge in [-0.05, 0) is 56.5 Å². The number of fused-ring (bicyclic) bond motifs is 1. The molecule has 1 aliphatic heterocycles. The zero-order valence-electron chi connectivity index (χ0n) is 17.0. The predicted octanol–water partition coefficient (Wildman–Crippen LogP) is 3.42. The van der Waals surface area contributed by atoms with Gasteiger partial charge in [-0.3, -0.25) is 4.79 Å². The van der Waals surface area contributed by atoms with E-state index in [0.29, 0.717) is 17.6 Å². The lowest BCUT2D eigenvalue weighted by molar-refractivity contribution is 0.0982. The van der Waals surface area contributed by atoms with E-state index in [2.05, 4.69) is 9.82 Å². The van der Waals surface area contributed by atoms with Crippen LogP contribution in [0.25, 0.3) is 5.52 Å². The molecule has 1 atom stereocenters. The minimum absolute atomic E-state index is 0.124. The first-order chi connectivity index (χ1) is 14.7. The van der Waals surface area contributed by atoms with E-state index in [1.807, 2.05) is 4.90 Å². The first-order valence-corrected chi connectivity index (χ1v) is 11.5. The summed E-state index contributed by atoms with van der Waals surface area (Å²) in [6, 6.07) is 6.84. The maximum absolute atomic E-state index is 13.7. The van der Waals surface area contributed by atoms with E-state index in [4.69, 9.17) is 0 Å². The Morgan fingerprint density at radius 1 is 1.19 bits per heavy atom. The van der Waals surface area contributed by atoms with E-state index in [0.717, 1.165) is 24.6 Å². The molecule has 2 aromatic heterocycles. The monoisotopic (exact) mass is 448 g/mol. The van der Waals surface area contributed by atoms with Crippen LogP contribution in [0.1, 0.15) is 48.7 Å². The van der Waals surface area contributed by atoms with Crippen LogP contribution in [0.3, 0.4) is 0 Å². The standard InChI is InChI=1S/C21H22F2N4O3S/c1-13(2)31(29,30)25-21(28)18-12-24-27-7-5-17(11-20(18)27)26-6-3-4-19(26)14-8-15(22)10-16(23)9-14/h5,7-13,19H,3-4,6H2,1-2H3,(H,25,28)/t19-/m1/s1. The molecule has 1 N–H and O–H groups in total. The van der Waals surface area contributed by atoms with E-state index < -0.39 is 32.8 Å². The largest absolute Gasteiger partial charge is 0.364 e. The first-order valence-electron chi connectivity index (χ1n) is 9.91. The van der Waals surface area contributed by atoms with Gasteiger partial charge in [0.2, 0.25) is 10.0 Å². The Morgan fingerprint density at radius 3 is 2.58 bits per heavy atom. The number of sulfonamides is 1. The summed E-state index contributed by atoms with van der Waals surface area (Å²) < 4.78 is 55.2. The third-order valence-corrected chi connectivity index (χ3v) is 7.17. The molecular formula is C21H22F2N4O3S. The van der Waals surface area contributed by atoms with Crippen molar-refractivity contribution >= 4 is 27.1 Å². The van der Waals surface area contributed by atoms with Crippen molar-refractivity contribution < 1.29 is 22.0 Å². The van der Waals surface area contributed by atoms with Gasteiger partial charge in [-0.15, -0.1) is 0 Å². The minimum Gasteiger partial charge on any atom is -0.364 e. The first kappa shape index (κ1) is 21.2. The second-order valence-electron chi connectivity index (χ2n) is 7.85. The Hall–Kier alpha value is -3.01. The minimum atomic E-state index is -3.79. The van der Waals surface area contributed by atoms with Crippen molar-refractivity contribution in [1.82, 2.24) is 14.3 Å². The molecule has 3 aromatic rings. The van der Waals surface area contributed by atoms with Crippen molar-refractivity contribution in [2.24, 2.45) is 0 Å². The van der Waals surface area contributed by atoms with E-state index in [-0.39, 0.29) is 11.6 Å². The molecule has 0 spiro atoms. The van der Waals surface area contributed by atoms with Gasteiger partial charge in [0, 0.05) is 24.5 Å². The fourth-order valence-corrected chi connectivity index (χ4v) is 4.42. The molecule has 1 aliphatic rings. The van der Waals surface area contributed by atoms with Gasteiger partial charge >= 0.3 is 0 Å². The van der Waals surface area contributed by atoms with E-state index >= 15 is 0 Å². The summed E-state index contributed by atoms with van der Waals surface area (Å²) in [5, 5.41) is 3.37. The quantitative estimate of drug-likeness (QED) is 0.647. The number of pyridine rings is 1. The van der Waals surface area contributed by atoms with Gasteiger partial charge in [0.15, 0.2) is 0 Å². The molecule has 3 heterocycles. The number of carbonyl (C=O) groups excluding carboxylic acids is 1. The maximum Gasteiger partial charge on any atom is 0.268 e. The Morgan fingerprint density at radius 2 is 1.90 bits per heavy atom. The number of nitrogens with zero attached hydrogens (tertiary/aromatic N) is 3. The van der Waals surface area contributed by atoms with Gasteiger partial charge in [0.25, 0.3) is 5.91 Å². The summed E-state index contributed by atoms with van der Waals surface area (Å²) in [7, 11) is -3.79. The smallest absolute Gasteiger partial charge is 0.268 e. The number of hydrogen-bond acceptors (Lipinski definition) is 5. The van der Waals surface area contributed by atoms with Crippen molar-refractivity contribution in [3.63, 3.8) is 0 Å². The number of carbonyl (C=O) groups is 1. The van der Waals surface area contributed by atoms with Crippen LogP contribution in [0.2, 0.25) is 0 Å². The molecule has 1 aromatic carbocycles. The summed E-state index contributed by atoms with van der Waals surface area (Å²) in [6.45, 7) is 3.63. The van der Waals surface area contributed by atoms with Crippen LogP contribution in [0.5, 0.6) is 0 Å². The fourth-order valence-electron chi connectivity index (χ4n) is 3.82. The fraction of sp³-hybridized carbons (Fsp3) is 0.333. The normalized spacial score (nSPS) is 16.9.